The fraction of sp³-hybridized carbons (Fsp3) is 0.533. The molecule has 0 saturated heterocycles. The minimum atomic E-state index is -0.662. The van der Waals surface area contributed by atoms with Crippen molar-refractivity contribution in [2.75, 3.05) is 20.3 Å². The minimum absolute atomic E-state index is 0.0293. The van der Waals surface area contributed by atoms with Gasteiger partial charge in [-0.3, -0.25) is 4.79 Å². The number of aliphatic hydroxyl groups is 1. The van der Waals surface area contributed by atoms with Gasteiger partial charge in [0.05, 0.1) is 12.7 Å². The molecular formula is C15H22BrNO3. The van der Waals surface area contributed by atoms with Crippen LogP contribution in [-0.2, 0) is 16.0 Å². The third-order valence-electron chi connectivity index (χ3n) is 3.16. The number of methoxy groups -OCH3 is 1. The Kier molecular flexibility index (Phi) is 7.80. The zero-order valence-corrected chi connectivity index (χ0v) is 13.5. The highest BCUT2D eigenvalue weighted by Crippen LogP contribution is 2.21. The Morgan fingerprint density at radius 1 is 1.45 bits per heavy atom. The highest BCUT2D eigenvalue weighted by molar-refractivity contribution is 9.10. The molecule has 5 heteroatoms. The number of ether oxygens (including phenoxy) is 1. The van der Waals surface area contributed by atoms with E-state index in [9.17, 15) is 9.90 Å². The van der Waals surface area contributed by atoms with Crippen LogP contribution in [0.15, 0.2) is 28.7 Å². The van der Waals surface area contributed by atoms with Crippen molar-refractivity contribution in [3.63, 3.8) is 0 Å². The molecule has 0 aromatic heterocycles. The first-order valence-corrected chi connectivity index (χ1v) is 7.55. The summed E-state index contributed by atoms with van der Waals surface area (Å²) >= 11 is 3.50. The number of hydrogen-bond donors (Lipinski definition) is 2. The maximum atomic E-state index is 12.1. The third-order valence-corrected chi connectivity index (χ3v) is 3.93. The molecule has 1 rings (SSSR count). The van der Waals surface area contributed by atoms with Gasteiger partial charge in [-0.25, -0.2) is 0 Å². The summed E-state index contributed by atoms with van der Waals surface area (Å²) in [6.07, 6.45) is 0.780. The van der Waals surface area contributed by atoms with E-state index in [1.165, 1.54) is 7.11 Å². The van der Waals surface area contributed by atoms with E-state index >= 15 is 0 Å². The van der Waals surface area contributed by atoms with Crippen LogP contribution in [-0.4, -0.2) is 37.4 Å². The van der Waals surface area contributed by atoms with Crippen LogP contribution in [0.2, 0.25) is 0 Å². The van der Waals surface area contributed by atoms with Crippen LogP contribution in [0.25, 0.3) is 0 Å². The second-order valence-electron chi connectivity index (χ2n) is 4.76. The number of hydrogen-bond acceptors (Lipinski definition) is 3. The molecule has 2 unspecified atom stereocenters. The van der Waals surface area contributed by atoms with Gasteiger partial charge in [0.15, 0.2) is 0 Å². The van der Waals surface area contributed by atoms with Crippen molar-refractivity contribution in [1.29, 1.82) is 0 Å². The average molecular weight is 344 g/mol. The molecule has 0 aliphatic heterocycles. The van der Waals surface area contributed by atoms with Gasteiger partial charge in [-0.05, 0) is 24.5 Å². The zero-order valence-electron chi connectivity index (χ0n) is 11.9. The van der Waals surface area contributed by atoms with E-state index in [1.807, 2.05) is 31.2 Å². The number of halogens is 1. The number of nitrogens with one attached hydrogen (secondary N) is 1. The van der Waals surface area contributed by atoms with Crippen molar-refractivity contribution in [1.82, 2.24) is 5.32 Å². The molecular weight excluding hydrogens is 322 g/mol. The van der Waals surface area contributed by atoms with Crippen molar-refractivity contribution in [3.8, 4) is 0 Å². The predicted molar refractivity (Wildman–Crippen MR) is 82.5 cm³/mol. The molecule has 0 saturated carbocycles. The van der Waals surface area contributed by atoms with E-state index in [2.05, 4.69) is 21.2 Å². The van der Waals surface area contributed by atoms with Crippen LogP contribution >= 0.6 is 15.9 Å². The molecule has 0 heterocycles. The van der Waals surface area contributed by atoms with Crippen LogP contribution < -0.4 is 5.32 Å². The molecule has 112 valence electrons. The fourth-order valence-corrected chi connectivity index (χ4v) is 2.41. The molecule has 0 bridgehead atoms. The molecule has 0 aliphatic carbocycles. The Morgan fingerprint density at radius 3 is 2.75 bits per heavy atom. The van der Waals surface area contributed by atoms with Gasteiger partial charge in [-0.15, -0.1) is 0 Å². The van der Waals surface area contributed by atoms with Gasteiger partial charge in [0.25, 0.3) is 0 Å². The SMILES string of the molecule is CCC(Cc1ccccc1Br)C(=O)NCC(O)COC. The summed E-state index contributed by atoms with van der Waals surface area (Å²) in [5, 5.41) is 12.3. The quantitative estimate of drug-likeness (QED) is 0.760. The largest absolute Gasteiger partial charge is 0.389 e. The minimum Gasteiger partial charge on any atom is -0.389 e. The number of aliphatic hydroxyl groups excluding tert-OH is 1. The van der Waals surface area contributed by atoms with Crippen molar-refractivity contribution < 1.29 is 14.6 Å². The topological polar surface area (TPSA) is 58.6 Å². The van der Waals surface area contributed by atoms with Gasteiger partial charge in [-0.2, -0.15) is 0 Å². The molecule has 1 aromatic rings. The summed E-state index contributed by atoms with van der Waals surface area (Å²) < 4.78 is 5.85. The van der Waals surface area contributed by atoms with Crippen LogP contribution in [0.5, 0.6) is 0 Å². The van der Waals surface area contributed by atoms with Crippen molar-refractivity contribution >= 4 is 21.8 Å². The molecule has 0 aliphatic rings. The molecule has 0 radical (unpaired) electrons. The van der Waals surface area contributed by atoms with Gasteiger partial charge in [0, 0.05) is 24.0 Å². The van der Waals surface area contributed by atoms with Crippen molar-refractivity contribution in [2.45, 2.75) is 25.9 Å². The lowest BCUT2D eigenvalue weighted by atomic mass is 9.96. The summed E-state index contributed by atoms with van der Waals surface area (Å²) in [6.45, 7) is 2.44. The summed E-state index contributed by atoms with van der Waals surface area (Å²) in [5.74, 6) is -0.123. The molecule has 4 nitrogen and oxygen atoms in total. The standard InChI is InChI=1S/C15H22BrNO3/c1-3-11(8-12-6-4-5-7-14(12)16)15(19)17-9-13(18)10-20-2/h4-7,11,13,18H,3,8-10H2,1-2H3,(H,17,19). The lowest BCUT2D eigenvalue weighted by molar-refractivity contribution is -0.125. The summed E-state index contributed by atoms with van der Waals surface area (Å²) in [5.41, 5.74) is 1.12. The van der Waals surface area contributed by atoms with Gasteiger partial charge in [0.2, 0.25) is 5.91 Å². The third kappa shape index (κ3) is 5.61. The first-order chi connectivity index (χ1) is 9.58. The molecule has 1 aromatic carbocycles. The van der Waals surface area contributed by atoms with E-state index < -0.39 is 6.10 Å². The molecule has 0 fully saturated rings. The first kappa shape index (κ1) is 17.1. The zero-order chi connectivity index (χ0) is 15.0. The maximum absolute atomic E-state index is 12.1. The number of amides is 1. The normalized spacial score (nSPS) is 13.8. The number of carbonyl (C=O) groups excluding carboxylic acids is 1. The second kappa shape index (κ2) is 9.10. The molecule has 20 heavy (non-hydrogen) atoms. The molecule has 2 N–H and O–H groups in total. The second-order valence-corrected chi connectivity index (χ2v) is 5.61. The highest BCUT2D eigenvalue weighted by atomic mass is 79.9. The van der Waals surface area contributed by atoms with Crippen LogP contribution in [0.4, 0.5) is 0 Å². The molecule has 0 spiro atoms. The number of benzene rings is 1. The van der Waals surface area contributed by atoms with E-state index in [1.54, 1.807) is 0 Å². The van der Waals surface area contributed by atoms with Crippen LogP contribution in [0, 0.1) is 5.92 Å². The smallest absolute Gasteiger partial charge is 0.223 e. The Balaban J connectivity index is 2.53. The Morgan fingerprint density at radius 2 is 2.15 bits per heavy atom. The maximum Gasteiger partial charge on any atom is 0.223 e. The lowest BCUT2D eigenvalue weighted by Crippen LogP contribution is -2.38. The van der Waals surface area contributed by atoms with Gasteiger partial charge in [0.1, 0.15) is 0 Å². The Hall–Kier alpha value is -0.910. The van der Waals surface area contributed by atoms with E-state index in [0.717, 1.165) is 16.5 Å². The summed E-state index contributed by atoms with van der Waals surface area (Å²) in [7, 11) is 1.52. The van der Waals surface area contributed by atoms with Gasteiger partial charge < -0.3 is 15.2 Å². The van der Waals surface area contributed by atoms with E-state index in [-0.39, 0.29) is 25.0 Å². The van der Waals surface area contributed by atoms with Gasteiger partial charge in [-0.1, -0.05) is 41.1 Å². The van der Waals surface area contributed by atoms with Crippen molar-refractivity contribution in [2.24, 2.45) is 5.92 Å². The molecule has 2 atom stereocenters. The van der Waals surface area contributed by atoms with Crippen LogP contribution in [0.1, 0.15) is 18.9 Å². The van der Waals surface area contributed by atoms with E-state index in [0.29, 0.717) is 6.42 Å². The predicted octanol–water partition coefficient (Wildman–Crippen LogP) is 2.14. The summed E-state index contributed by atoms with van der Waals surface area (Å²) in [6, 6.07) is 7.91. The lowest BCUT2D eigenvalue weighted by Gasteiger charge is -2.17. The summed E-state index contributed by atoms with van der Waals surface area (Å²) in [4.78, 5) is 12.1. The van der Waals surface area contributed by atoms with Crippen LogP contribution in [0.3, 0.4) is 0 Å². The first-order valence-electron chi connectivity index (χ1n) is 6.76. The highest BCUT2D eigenvalue weighted by Gasteiger charge is 2.18. The Labute approximate surface area is 128 Å². The monoisotopic (exact) mass is 343 g/mol. The Bertz CT molecular complexity index is 425. The average Bonchev–Trinajstić information content (AvgIpc) is 2.44. The fourth-order valence-electron chi connectivity index (χ4n) is 1.97. The number of carbonyl (C=O) groups is 1. The van der Waals surface area contributed by atoms with Gasteiger partial charge >= 0.3 is 0 Å². The van der Waals surface area contributed by atoms with E-state index in [4.69, 9.17) is 4.74 Å². The molecule has 1 amide bonds. The number of rotatable bonds is 8. The van der Waals surface area contributed by atoms with Crippen molar-refractivity contribution in [3.05, 3.63) is 34.3 Å².